The zero-order valence-electron chi connectivity index (χ0n) is 5.68. The first kappa shape index (κ1) is 5.65. The number of ether oxygens (including phenoxy) is 1. The highest BCUT2D eigenvalue weighted by Gasteiger charge is 2.51. The van der Waals surface area contributed by atoms with Crippen LogP contribution in [0, 0.1) is 0 Å². The molecule has 52 valence electrons. The van der Waals surface area contributed by atoms with Gasteiger partial charge in [0.2, 0.25) is 5.85 Å². The second kappa shape index (κ2) is 1.68. The van der Waals surface area contributed by atoms with Gasteiger partial charge in [-0.15, -0.1) is 0 Å². The van der Waals surface area contributed by atoms with Gasteiger partial charge in [0.05, 0.1) is 6.61 Å². The minimum absolute atomic E-state index is 0.0295. The topological polar surface area (TPSA) is 34.2 Å². The molecule has 2 unspecified atom stereocenters. The first-order valence-electron chi connectivity index (χ1n) is 3.49. The van der Waals surface area contributed by atoms with Crippen LogP contribution in [0.3, 0.4) is 0 Å². The lowest BCUT2D eigenvalue weighted by molar-refractivity contribution is -0.0395. The Bertz CT molecular complexity index is 120. The number of hydrogen-bond donors (Lipinski definition) is 1. The standard InChI is InChI=1S/C6H12N2O/c1-8-6(7-8)4-2-3-5-9-6/h7H,2-5H2,1H3. The molecule has 3 nitrogen and oxygen atoms in total. The SMILES string of the molecule is CN1NC12CCCCO2. The molecule has 2 atom stereocenters. The Kier molecular flexibility index (Phi) is 1.06. The maximum absolute atomic E-state index is 5.50. The van der Waals surface area contributed by atoms with Crippen LogP contribution < -0.4 is 5.43 Å². The zero-order chi connectivity index (χ0) is 6.32. The molecule has 0 bridgehead atoms. The van der Waals surface area contributed by atoms with E-state index in [2.05, 4.69) is 5.43 Å². The third-order valence-electron chi connectivity index (χ3n) is 2.09. The third kappa shape index (κ3) is 0.764. The zero-order valence-corrected chi connectivity index (χ0v) is 5.68. The van der Waals surface area contributed by atoms with Crippen LogP contribution in [-0.4, -0.2) is 24.5 Å². The van der Waals surface area contributed by atoms with E-state index in [4.69, 9.17) is 4.74 Å². The van der Waals surface area contributed by atoms with Gasteiger partial charge in [0, 0.05) is 13.5 Å². The molecule has 2 heterocycles. The third-order valence-corrected chi connectivity index (χ3v) is 2.09. The largest absolute Gasteiger partial charge is 0.345 e. The fraction of sp³-hybridized carbons (Fsp3) is 1.00. The van der Waals surface area contributed by atoms with Crippen LogP contribution in [0.15, 0.2) is 0 Å². The Balaban J connectivity index is 1.97. The molecular formula is C6H12N2O. The van der Waals surface area contributed by atoms with Gasteiger partial charge in [-0.3, -0.25) is 0 Å². The summed E-state index contributed by atoms with van der Waals surface area (Å²) < 4.78 is 5.50. The molecule has 9 heavy (non-hydrogen) atoms. The molecule has 1 spiro atoms. The molecule has 2 rings (SSSR count). The van der Waals surface area contributed by atoms with Crippen LogP contribution in [0.1, 0.15) is 19.3 Å². The van der Waals surface area contributed by atoms with Crippen molar-refractivity contribution in [3.8, 4) is 0 Å². The van der Waals surface area contributed by atoms with Crippen molar-refractivity contribution in [1.29, 1.82) is 0 Å². The maximum Gasteiger partial charge on any atom is 0.202 e. The summed E-state index contributed by atoms with van der Waals surface area (Å²) >= 11 is 0. The molecule has 0 aliphatic carbocycles. The van der Waals surface area contributed by atoms with E-state index in [-0.39, 0.29) is 5.85 Å². The molecule has 2 aliphatic rings. The van der Waals surface area contributed by atoms with Crippen molar-refractivity contribution >= 4 is 0 Å². The van der Waals surface area contributed by atoms with E-state index in [1.165, 1.54) is 12.8 Å². The van der Waals surface area contributed by atoms with Gasteiger partial charge in [0.25, 0.3) is 0 Å². The Labute approximate surface area is 54.9 Å². The summed E-state index contributed by atoms with van der Waals surface area (Å²) in [7, 11) is 2.02. The van der Waals surface area contributed by atoms with Crippen LogP contribution in [0.4, 0.5) is 0 Å². The molecule has 0 amide bonds. The van der Waals surface area contributed by atoms with E-state index < -0.39 is 0 Å². The quantitative estimate of drug-likeness (QED) is 0.476. The number of hydrogen-bond acceptors (Lipinski definition) is 3. The summed E-state index contributed by atoms with van der Waals surface area (Å²) in [6.45, 7) is 0.914. The molecule has 0 aromatic rings. The van der Waals surface area contributed by atoms with E-state index in [0.29, 0.717) is 0 Å². The fourth-order valence-corrected chi connectivity index (χ4v) is 1.37. The first-order chi connectivity index (χ1) is 4.33. The lowest BCUT2D eigenvalue weighted by atomic mass is 10.1. The molecule has 2 aliphatic heterocycles. The summed E-state index contributed by atoms with van der Waals surface area (Å²) in [6, 6.07) is 0. The second-order valence-corrected chi connectivity index (χ2v) is 2.76. The van der Waals surface area contributed by atoms with Crippen LogP contribution in [-0.2, 0) is 4.74 Å². The minimum atomic E-state index is -0.0295. The number of hydrazine groups is 1. The van der Waals surface area contributed by atoms with Crippen LogP contribution in [0.5, 0.6) is 0 Å². The normalized spacial score (nSPS) is 49.7. The van der Waals surface area contributed by atoms with E-state index in [9.17, 15) is 0 Å². The summed E-state index contributed by atoms with van der Waals surface area (Å²) in [5.41, 5.74) is 3.16. The van der Waals surface area contributed by atoms with Gasteiger partial charge < -0.3 is 4.74 Å². The average Bonchev–Trinajstić information content (AvgIpc) is 2.44. The Morgan fingerprint density at radius 1 is 1.56 bits per heavy atom. The van der Waals surface area contributed by atoms with Gasteiger partial charge in [-0.1, -0.05) is 0 Å². The van der Waals surface area contributed by atoms with Crippen molar-refractivity contribution in [2.75, 3.05) is 13.7 Å². The maximum atomic E-state index is 5.50. The molecule has 0 radical (unpaired) electrons. The Morgan fingerprint density at radius 2 is 2.33 bits per heavy atom. The van der Waals surface area contributed by atoms with Crippen molar-refractivity contribution < 1.29 is 4.74 Å². The highest BCUT2D eigenvalue weighted by molar-refractivity contribution is 4.88. The molecule has 1 N–H and O–H groups in total. The lowest BCUT2D eigenvalue weighted by Gasteiger charge is -2.19. The van der Waals surface area contributed by atoms with Gasteiger partial charge in [-0.05, 0) is 12.8 Å². The van der Waals surface area contributed by atoms with Crippen molar-refractivity contribution in [2.24, 2.45) is 0 Å². The molecule has 0 saturated carbocycles. The summed E-state index contributed by atoms with van der Waals surface area (Å²) in [6.07, 6.45) is 3.65. The predicted octanol–water partition coefficient (Wildman–Crippen LogP) is 0.291. The van der Waals surface area contributed by atoms with Gasteiger partial charge >= 0.3 is 0 Å². The molecule has 0 aromatic carbocycles. The van der Waals surface area contributed by atoms with Crippen molar-refractivity contribution in [1.82, 2.24) is 10.4 Å². The van der Waals surface area contributed by atoms with Crippen molar-refractivity contribution in [3.05, 3.63) is 0 Å². The van der Waals surface area contributed by atoms with Gasteiger partial charge in [-0.25, -0.2) is 5.43 Å². The summed E-state index contributed by atoms with van der Waals surface area (Å²) in [5.74, 6) is -0.0295. The number of nitrogens with one attached hydrogen (secondary N) is 1. The van der Waals surface area contributed by atoms with Crippen LogP contribution in [0.25, 0.3) is 0 Å². The summed E-state index contributed by atoms with van der Waals surface area (Å²) in [4.78, 5) is 0. The molecule has 3 heteroatoms. The van der Waals surface area contributed by atoms with Crippen LogP contribution >= 0.6 is 0 Å². The second-order valence-electron chi connectivity index (χ2n) is 2.76. The van der Waals surface area contributed by atoms with E-state index >= 15 is 0 Å². The van der Waals surface area contributed by atoms with E-state index in [1.807, 2.05) is 12.1 Å². The monoisotopic (exact) mass is 128 g/mol. The molecular weight excluding hydrogens is 116 g/mol. The highest BCUT2D eigenvalue weighted by atomic mass is 16.6. The van der Waals surface area contributed by atoms with E-state index in [0.717, 1.165) is 13.0 Å². The van der Waals surface area contributed by atoms with Gasteiger partial charge in [-0.2, -0.15) is 5.01 Å². The van der Waals surface area contributed by atoms with Crippen LogP contribution in [0.2, 0.25) is 0 Å². The predicted molar refractivity (Wildman–Crippen MR) is 33.4 cm³/mol. The van der Waals surface area contributed by atoms with Gasteiger partial charge in [0.1, 0.15) is 0 Å². The number of nitrogens with zero attached hydrogens (tertiary/aromatic N) is 1. The first-order valence-corrected chi connectivity index (χ1v) is 3.49. The number of rotatable bonds is 0. The van der Waals surface area contributed by atoms with Crippen molar-refractivity contribution in [2.45, 2.75) is 25.1 Å². The molecule has 0 aromatic heterocycles. The Morgan fingerprint density at radius 3 is 2.67 bits per heavy atom. The van der Waals surface area contributed by atoms with E-state index in [1.54, 1.807) is 0 Å². The lowest BCUT2D eigenvalue weighted by Crippen LogP contribution is -2.27. The Hall–Kier alpha value is -0.120. The van der Waals surface area contributed by atoms with Gasteiger partial charge in [0.15, 0.2) is 0 Å². The molecule has 2 saturated heterocycles. The highest BCUT2D eigenvalue weighted by Crippen LogP contribution is 2.33. The minimum Gasteiger partial charge on any atom is -0.345 e. The summed E-state index contributed by atoms with van der Waals surface area (Å²) in [5, 5.41) is 2.03. The smallest absolute Gasteiger partial charge is 0.202 e. The average molecular weight is 128 g/mol. The van der Waals surface area contributed by atoms with Crippen molar-refractivity contribution in [3.63, 3.8) is 0 Å². The molecule has 2 fully saturated rings. The fourth-order valence-electron chi connectivity index (χ4n) is 1.37.